The summed E-state index contributed by atoms with van der Waals surface area (Å²) in [5, 5.41) is 22.2. The van der Waals surface area contributed by atoms with Crippen LogP contribution in [0.1, 0.15) is 46.4 Å². The topological polar surface area (TPSA) is 140 Å². The lowest BCUT2D eigenvalue weighted by Crippen LogP contribution is -2.27. The minimum atomic E-state index is -0.657. The smallest absolute Gasteiger partial charge is 0.435 e. The number of aromatic hydroxyl groups is 1. The monoisotopic (exact) mass is 584 g/mol. The van der Waals surface area contributed by atoms with Crippen molar-refractivity contribution < 1.29 is 24.2 Å². The Labute approximate surface area is 249 Å². The molecule has 0 fully saturated rings. The highest BCUT2D eigenvalue weighted by molar-refractivity contribution is 5.95. The second kappa shape index (κ2) is 13.2. The molecule has 0 aliphatic heterocycles. The molecule has 0 saturated heterocycles. The van der Waals surface area contributed by atoms with Gasteiger partial charge in [-0.15, -0.1) is 0 Å². The lowest BCUT2D eigenvalue weighted by Gasteiger charge is -2.19. The number of benzene rings is 2. The minimum absolute atomic E-state index is 0.0566. The molecule has 0 atom stereocenters. The van der Waals surface area contributed by atoms with E-state index in [4.69, 9.17) is 14.5 Å². The molecule has 4 rings (SSSR count). The van der Waals surface area contributed by atoms with Crippen molar-refractivity contribution in [2.24, 2.45) is 0 Å². The average Bonchev–Trinajstić information content (AvgIpc) is 3.37. The molecule has 0 unspecified atom stereocenters. The van der Waals surface area contributed by atoms with E-state index < -0.39 is 11.7 Å². The zero-order chi connectivity index (χ0) is 31.1. The van der Waals surface area contributed by atoms with E-state index in [2.05, 4.69) is 27.3 Å². The molecular weight excluding hydrogens is 548 g/mol. The number of allylic oxidation sites excluding steroid dienone is 4. The maximum absolute atomic E-state index is 12.6. The van der Waals surface area contributed by atoms with E-state index >= 15 is 0 Å². The maximum atomic E-state index is 12.6. The highest BCUT2D eigenvalue weighted by atomic mass is 16.6. The molecule has 0 spiro atoms. The fourth-order valence-electron chi connectivity index (χ4n) is 4.23. The van der Waals surface area contributed by atoms with Crippen LogP contribution in [-0.4, -0.2) is 49.6 Å². The molecular formula is C32H36N6O5. The van der Waals surface area contributed by atoms with Crippen molar-refractivity contribution in [3.63, 3.8) is 0 Å². The number of nitrogens with one attached hydrogen (secondary N) is 2. The maximum Gasteiger partial charge on any atom is 0.435 e. The summed E-state index contributed by atoms with van der Waals surface area (Å²) in [7, 11) is 1.47. The Hall–Kier alpha value is -5.19. The second-order valence-electron chi connectivity index (χ2n) is 10.7. The number of fused-ring (bicyclic) bond motifs is 2. The van der Waals surface area contributed by atoms with Crippen LogP contribution in [0.2, 0.25) is 0 Å². The summed E-state index contributed by atoms with van der Waals surface area (Å²) in [6.07, 6.45) is 9.41. The third-order valence-electron chi connectivity index (χ3n) is 6.12. The zero-order valence-electron chi connectivity index (χ0n) is 25.0. The number of anilines is 2. The molecule has 2 heterocycles. The van der Waals surface area contributed by atoms with Crippen LogP contribution in [0.3, 0.4) is 0 Å². The molecule has 43 heavy (non-hydrogen) atoms. The summed E-state index contributed by atoms with van der Waals surface area (Å²) in [5.41, 5.74) is 1.76. The standard InChI is InChI=1S/C32H36N6O5/c1-7-9-11-21(34-29(40)10-8-2)13-15-28-36-24-18-27(42-6)26(39)17-23(24)30(37-28)35-22-12-14-25-20(16-22)19-33-38(25)31(41)43-32(3,4)5/h7,9,11-14,16-19,39H,1,8,10,15H2,2-6H3,(H,34,40)(H,35,36,37)/b11-9-,21-13+. The second-order valence-corrected chi connectivity index (χ2v) is 10.7. The van der Waals surface area contributed by atoms with Gasteiger partial charge in [-0.2, -0.15) is 9.78 Å². The highest BCUT2D eigenvalue weighted by Crippen LogP contribution is 2.34. The molecule has 1 amide bonds. The lowest BCUT2D eigenvalue weighted by atomic mass is 10.1. The summed E-state index contributed by atoms with van der Waals surface area (Å²) in [6.45, 7) is 11.0. The molecule has 0 aliphatic rings. The number of nitrogens with zero attached hydrogens (tertiary/aromatic N) is 4. The molecule has 0 aliphatic carbocycles. The predicted molar refractivity (Wildman–Crippen MR) is 167 cm³/mol. The molecule has 11 heteroatoms. The van der Waals surface area contributed by atoms with Gasteiger partial charge in [-0.1, -0.05) is 31.7 Å². The summed E-state index contributed by atoms with van der Waals surface area (Å²) in [5.74, 6) is 1.05. The van der Waals surface area contributed by atoms with Crippen molar-refractivity contribution in [3.8, 4) is 11.5 Å². The first-order chi connectivity index (χ1) is 20.5. The first-order valence-corrected chi connectivity index (χ1v) is 13.9. The third kappa shape index (κ3) is 7.76. The zero-order valence-corrected chi connectivity index (χ0v) is 25.0. The Morgan fingerprint density at radius 1 is 1.16 bits per heavy atom. The van der Waals surface area contributed by atoms with Crippen LogP contribution in [-0.2, 0) is 16.0 Å². The normalized spacial score (nSPS) is 12.1. The fraction of sp³-hybridized carbons (Fsp3) is 0.281. The van der Waals surface area contributed by atoms with Gasteiger partial charge in [0.15, 0.2) is 11.5 Å². The van der Waals surface area contributed by atoms with Crippen LogP contribution < -0.4 is 15.4 Å². The Kier molecular flexibility index (Phi) is 9.44. The first-order valence-electron chi connectivity index (χ1n) is 13.9. The van der Waals surface area contributed by atoms with Gasteiger partial charge in [0, 0.05) is 41.1 Å². The van der Waals surface area contributed by atoms with Gasteiger partial charge in [0.1, 0.15) is 17.2 Å². The van der Waals surface area contributed by atoms with Gasteiger partial charge in [0.05, 0.1) is 24.3 Å². The number of rotatable bonds is 10. The van der Waals surface area contributed by atoms with Crippen LogP contribution >= 0.6 is 0 Å². The SMILES string of the molecule is C=C/C=C\C(=C/Cc1nc(Nc2ccc3c(cnn3C(=O)OC(C)(C)C)c2)c2cc(O)c(OC)cc2n1)NC(=O)CCC. The number of aromatic nitrogens is 4. The van der Waals surface area contributed by atoms with Gasteiger partial charge in [-0.05, 0) is 57.5 Å². The van der Waals surface area contributed by atoms with Gasteiger partial charge < -0.3 is 25.2 Å². The van der Waals surface area contributed by atoms with Crippen LogP contribution in [0, 0.1) is 0 Å². The number of hydrogen-bond acceptors (Lipinski definition) is 9. The molecule has 0 saturated carbocycles. The van der Waals surface area contributed by atoms with Crippen LogP contribution in [0.5, 0.6) is 11.5 Å². The molecule has 2 aromatic heterocycles. The van der Waals surface area contributed by atoms with E-state index in [0.29, 0.717) is 57.7 Å². The van der Waals surface area contributed by atoms with Crippen LogP contribution in [0.25, 0.3) is 21.8 Å². The van der Waals surface area contributed by atoms with E-state index in [1.807, 2.05) is 19.1 Å². The van der Waals surface area contributed by atoms with Crippen LogP contribution in [0.4, 0.5) is 16.3 Å². The summed E-state index contributed by atoms with van der Waals surface area (Å²) >= 11 is 0. The predicted octanol–water partition coefficient (Wildman–Crippen LogP) is 6.31. The van der Waals surface area contributed by atoms with Gasteiger partial charge in [0.2, 0.25) is 5.91 Å². The number of phenolic OH excluding ortho intramolecular Hbond substituents is 1. The van der Waals surface area contributed by atoms with Gasteiger partial charge in [-0.3, -0.25) is 4.79 Å². The Morgan fingerprint density at radius 3 is 2.65 bits per heavy atom. The van der Waals surface area contributed by atoms with E-state index in [-0.39, 0.29) is 17.4 Å². The van der Waals surface area contributed by atoms with E-state index in [0.717, 1.165) is 6.42 Å². The molecule has 0 radical (unpaired) electrons. The summed E-state index contributed by atoms with van der Waals surface area (Å²) in [4.78, 5) is 34.3. The quantitative estimate of drug-likeness (QED) is 0.183. The van der Waals surface area contributed by atoms with Gasteiger partial charge in [-0.25, -0.2) is 14.8 Å². The Morgan fingerprint density at radius 2 is 1.95 bits per heavy atom. The molecule has 11 nitrogen and oxygen atoms in total. The summed E-state index contributed by atoms with van der Waals surface area (Å²) in [6, 6.07) is 8.57. The number of hydrogen-bond donors (Lipinski definition) is 3. The van der Waals surface area contributed by atoms with Crippen molar-refractivity contribution in [1.29, 1.82) is 0 Å². The number of methoxy groups -OCH3 is 1. The van der Waals surface area contributed by atoms with Gasteiger partial charge >= 0.3 is 6.09 Å². The number of phenols is 1. The van der Waals surface area contributed by atoms with E-state index in [9.17, 15) is 14.7 Å². The first kappa shape index (κ1) is 30.8. The van der Waals surface area contributed by atoms with Gasteiger partial charge in [0.25, 0.3) is 0 Å². The molecule has 224 valence electrons. The average molecular weight is 585 g/mol. The van der Waals surface area contributed by atoms with Crippen molar-refractivity contribution in [3.05, 3.63) is 78.9 Å². The Bertz CT molecular complexity index is 1730. The molecule has 0 bridgehead atoms. The van der Waals surface area contributed by atoms with Crippen LogP contribution in [0.15, 0.2) is 73.1 Å². The third-order valence-corrected chi connectivity index (χ3v) is 6.12. The molecule has 3 N–H and O–H groups in total. The largest absolute Gasteiger partial charge is 0.504 e. The Balaban J connectivity index is 1.71. The van der Waals surface area contributed by atoms with Crippen molar-refractivity contribution >= 4 is 45.3 Å². The van der Waals surface area contributed by atoms with E-state index in [1.165, 1.54) is 11.8 Å². The highest BCUT2D eigenvalue weighted by Gasteiger charge is 2.20. The minimum Gasteiger partial charge on any atom is -0.504 e. The number of ether oxygens (including phenoxy) is 2. The number of amides is 1. The number of carbonyl (C=O) groups is 2. The summed E-state index contributed by atoms with van der Waals surface area (Å²) < 4.78 is 12.0. The number of carbonyl (C=O) groups excluding carboxylic acids is 2. The van der Waals surface area contributed by atoms with E-state index in [1.54, 1.807) is 69.5 Å². The van der Waals surface area contributed by atoms with Crippen molar-refractivity contribution in [1.82, 2.24) is 25.1 Å². The van der Waals surface area contributed by atoms with Crippen molar-refractivity contribution in [2.45, 2.75) is 52.6 Å². The lowest BCUT2D eigenvalue weighted by molar-refractivity contribution is -0.120. The van der Waals surface area contributed by atoms with Crippen molar-refractivity contribution in [2.75, 3.05) is 12.4 Å². The molecule has 2 aromatic carbocycles. The molecule has 4 aromatic rings. The fourth-order valence-corrected chi connectivity index (χ4v) is 4.23.